The number of amides is 1. The van der Waals surface area contributed by atoms with E-state index in [1.165, 1.54) is 51.4 Å². The quantitative estimate of drug-likeness (QED) is 0.757. The van der Waals surface area contributed by atoms with Gasteiger partial charge >= 0.3 is 0 Å². The first kappa shape index (κ1) is 13.8. The Morgan fingerprint density at radius 3 is 2.06 bits per heavy atom. The standard InChI is InChI=1S/C14H24N2OS/c17-13(11-7-3-1-4-8-11)16-14(18)15-12-9-5-2-6-10-12/h11-12H,1-10H2,(H2,15,16,17,18). The number of hydrogen-bond donors (Lipinski definition) is 2. The van der Waals surface area contributed by atoms with E-state index < -0.39 is 0 Å². The maximum Gasteiger partial charge on any atom is 0.229 e. The second-order valence-corrected chi connectivity index (χ2v) is 6.04. The fraction of sp³-hybridized carbons (Fsp3) is 0.857. The van der Waals surface area contributed by atoms with Crippen molar-refractivity contribution in [3.05, 3.63) is 0 Å². The summed E-state index contributed by atoms with van der Waals surface area (Å²) in [7, 11) is 0. The Morgan fingerprint density at radius 1 is 0.889 bits per heavy atom. The largest absolute Gasteiger partial charge is 0.360 e. The molecule has 0 bridgehead atoms. The van der Waals surface area contributed by atoms with Gasteiger partial charge in [-0.2, -0.15) is 0 Å². The summed E-state index contributed by atoms with van der Waals surface area (Å²) in [5, 5.41) is 6.71. The molecule has 0 aromatic heterocycles. The van der Waals surface area contributed by atoms with Gasteiger partial charge < -0.3 is 10.6 Å². The Hall–Kier alpha value is -0.640. The highest BCUT2D eigenvalue weighted by Crippen LogP contribution is 2.23. The molecule has 0 aromatic carbocycles. The molecule has 2 aliphatic carbocycles. The van der Waals surface area contributed by atoms with Crippen LogP contribution in [0.4, 0.5) is 0 Å². The summed E-state index contributed by atoms with van der Waals surface area (Å²) in [6.45, 7) is 0. The van der Waals surface area contributed by atoms with E-state index in [4.69, 9.17) is 12.2 Å². The molecule has 0 aliphatic heterocycles. The molecule has 102 valence electrons. The van der Waals surface area contributed by atoms with Crippen LogP contribution in [0.15, 0.2) is 0 Å². The summed E-state index contributed by atoms with van der Waals surface area (Å²) in [5.41, 5.74) is 0. The van der Waals surface area contributed by atoms with E-state index in [1.54, 1.807) is 0 Å². The Kier molecular flexibility index (Phi) is 5.42. The normalized spacial score (nSPS) is 22.4. The van der Waals surface area contributed by atoms with Crippen molar-refractivity contribution in [2.75, 3.05) is 0 Å². The van der Waals surface area contributed by atoms with Crippen LogP contribution in [0.25, 0.3) is 0 Å². The van der Waals surface area contributed by atoms with Crippen molar-refractivity contribution < 1.29 is 4.79 Å². The lowest BCUT2D eigenvalue weighted by molar-refractivity contribution is -0.124. The van der Waals surface area contributed by atoms with Gasteiger partial charge in [0, 0.05) is 12.0 Å². The zero-order valence-electron chi connectivity index (χ0n) is 11.0. The molecule has 2 rings (SSSR count). The van der Waals surface area contributed by atoms with Crippen molar-refractivity contribution in [3.63, 3.8) is 0 Å². The molecule has 0 radical (unpaired) electrons. The number of rotatable bonds is 2. The van der Waals surface area contributed by atoms with Crippen LogP contribution in [0.2, 0.25) is 0 Å². The third-order valence-electron chi connectivity index (χ3n) is 4.15. The second kappa shape index (κ2) is 7.07. The summed E-state index contributed by atoms with van der Waals surface area (Å²) in [5.74, 6) is 0.313. The topological polar surface area (TPSA) is 41.1 Å². The highest BCUT2D eigenvalue weighted by molar-refractivity contribution is 7.80. The fourth-order valence-electron chi connectivity index (χ4n) is 3.05. The van der Waals surface area contributed by atoms with E-state index in [2.05, 4.69) is 10.6 Å². The van der Waals surface area contributed by atoms with Gasteiger partial charge in [0.25, 0.3) is 0 Å². The fourth-order valence-corrected chi connectivity index (χ4v) is 3.31. The number of carbonyl (C=O) groups is 1. The first-order valence-corrected chi connectivity index (χ1v) is 7.78. The monoisotopic (exact) mass is 268 g/mol. The minimum atomic E-state index is 0.128. The molecule has 0 heterocycles. The van der Waals surface area contributed by atoms with Crippen LogP contribution in [-0.4, -0.2) is 17.1 Å². The van der Waals surface area contributed by atoms with E-state index in [9.17, 15) is 4.79 Å². The minimum absolute atomic E-state index is 0.128. The molecule has 0 atom stereocenters. The Labute approximate surface area is 115 Å². The second-order valence-electron chi connectivity index (χ2n) is 5.63. The van der Waals surface area contributed by atoms with Crippen molar-refractivity contribution in [1.29, 1.82) is 0 Å². The molecular weight excluding hydrogens is 244 g/mol. The van der Waals surface area contributed by atoms with Gasteiger partial charge in [0.1, 0.15) is 0 Å². The summed E-state index contributed by atoms with van der Waals surface area (Å²) in [6, 6.07) is 0.470. The molecule has 2 fully saturated rings. The van der Waals surface area contributed by atoms with Crippen molar-refractivity contribution in [1.82, 2.24) is 10.6 Å². The van der Waals surface area contributed by atoms with Crippen LogP contribution in [-0.2, 0) is 4.79 Å². The molecule has 3 nitrogen and oxygen atoms in total. The maximum absolute atomic E-state index is 12.0. The van der Waals surface area contributed by atoms with Crippen molar-refractivity contribution >= 4 is 23.2 Å². The predicted octanol–water partition coefficient (Wildman–Crippen LogP) is 2.89. The SMILES string of the molecule is O=C(NC(=S)NC1CCCCC1)C1CCCCC1. The molecule has 2 N–H and O–H groups in total. The minimum Gasteiger partial charge on any atom is -0.360 e. The molecule has 0 spiro atoms. The highest BCUT2D eigenvalue weighted by Gasteiger charge is 2.22. The summed E-state index contributed by atoms with van der Waals surface area (Å²) >= 11 is 5.24. The molecule has 2 saturated carbocycles. The van der Waals surface area contributed by atoms with Gasteiger partial charge in [-0.1, -0.05) is 38.5 Å². The molecule has 1 amide bonds. The van der Waals surface area contributed by atoms with Crippen molar-refractivity contribution in [2.24, 2.45) is 5.92 Å². The van der Waals surface area contributed by atoms with Crippen LogP contribution in [0.3, 0.4) is 0 Å². The van der Waals surface area contributed by atoms with Crippen LogP contribution in [0.5, 0.6) is 0 Å². The maximum atomic E-state index is 12.0. The molecular formula is C14H24N2OS. The Bertz CT molecular complexity index is 294. The lowest BCUT2D eigenvalue weighted by Gasteiger charge is -2.25. The van der Waals surface area contributed by atoms with Gasteiger partial charge in [-0.15, -0.1) is 0 Å². The Morgan fingerprint density at radius 2 is 1.44 bits per heavy atom. The number of thiocarbonyl (C=S) groups is 1. The van der Waals surface area contributed by atoms with Gasteiger partial charge in [-0.25, -0.2) is 0 Å². The van der Waals surface area contributed by atoms with E-state index >= 15 is 0 Å². The van der Waals surface area contributed by atoms with Gasteiger partial charge in [-0.05, 0) is 37.9 Å². The van der Waals surface area contributed by atoms with Gasteiger partial charge in [-0.3, -0.25) is 4.79 Å². The molecule has 2 aliphatic rings. The molecule has 0 saturated heterocycles. The van der Waals surface area contributed by atoms with Crippen LogP contribution in [0, 0.1) is 5.92 Å². The number of carbonyl (C=O) groups excluding carboxylic acids is 1. The summed E-state index contributed by atoms with van der Waals surface area (Å²) in [4.78, 5) is 12.0. The molecule has 18 heavy (non-hydrogen) atoms. The van der Waals surface area contributed by atoms with E-state index in [0.717, 1.165) is 12.8 Å². The lowest BCUT2D eigenvalue weighted by atomic mass is 9.89. The van der Waals surface area contributed by atoms with Crippen molar-refractivity contribution in [2.45, 2.75) is 70.3 Å². The first-order chi connectivity index (χ1) is 8.75. The third-order valence-corrected chi connectivity index (χ3v) is 4.37. The van der Waals surface area contributed by atoms with Gasteiger partial charge in [0.15, 0.2) is 5.11 Å². The lowest BCUT2D eigenvalue weighted by Crippen LogP contribution is -2.46. The summed E-state index contributed by atoms with van der Waals surface area (Å²) < 4.78 is 0. The molecule has 4 heteroatoms. The average Bonchev–Trinajstić information content (AvgIpc) is 2.40. The summed E-state index contributed by atoms with van der Waals surface area (Å²) in [6.07, 6.45) is 11.9. The van der Waals surface area contributed by atoms with Crippen molar-refractivity contribution in [3.8, 4) is 0 Å². The van der Waals surface area contributed by atoms with Crippen LogP contribution in [0.1, 0.15) is 64.2 Å². The Balaban J connectivity index is 1.70. The molecule has 0 aromatic rings. The molecule has 0 unspecified atom stereocenters. The predicted molar refractivity (Wildman–Crippen MR) is 77.3 cm³/mol. The number of hydrogen-bond acceptors (Lipinski definition) is 2. The number of nitrogens with one attached hydrogen (secondary N) is 2. The van der Waals surface area contributed by atoms with Crippen LogP contribution < -0.4 is 10.6 Å². The van der Waals surface area contributed by atoms with E-state index in [-0.39, 0.29) is 11.8 Å². The smallest absolute Gasteiger partial charge is 0.229 e. The van der Waals surface area contributed by atoms with Gasteiger partial charge in [0.05, 0.1) is 0 Å². The third kappa shape index (κ3) is 4.23. The highest BCUT2D eigenvalue weighted by atomic mass is 32.1. The van der Waals surface area contributed by atoms with E-state index in [1.807, 2.05) is 0 Å². The van der Waals surface area contributed by atoms with E-state index in [0.29, 0.717) is 11.2 Å². The zero-order chi connectivity index (χ0) is 12.8. The zero-order valence-corrected chi connectivity index (χ0v) is 11.9. The van der Waals surface area contributed by atoms with Gasteiger partial charge in [0.2, 0.25) is 5.91 Å². The van der Waals surface area contributed by atoms with Crippen LogP contribution >= 0.6 is 12.2 Å². The first-order valence-electron chi connectivity index (χ1n) is 7.37. The average molecular weight is 268 g/mol.